The summed E-state index contributed by atoms with van der Waals surface area (Å²) >= 11 is 0. The van der Waals surface area contributed by atoms with Gasteiger partial charge in [0, 0.05) is 50.5 Å². The van der Waals surface area contributed by atoms with Crippen LogP contribution >= 0.6 is 0 Å². The van der Waals surface area contributed by atoms with Gasteiger partial charge in [-0.15, -0.1) is 0 Å². The summed E-state index contributed by atoms with van der Waals surface area (Å²) < 4.78 is 0. The molecular formula is C24H27N3O2. The SMILES string of the molecule is Oc1cc2c(cc1O)CN(Cc1ccccc1)C(CNCCc1ccccn1)C2. The number of aromatic hydroxyl groups is 2. The number of phenolic OH excluding ortho intramolecular Hbond substituents is 2. The Hall–Kier alpha value is -2.89. The highest BCUT2D eigenvalue weighted by Gasteiger charge is 2.27. The highest BCUT2D eigenvalue weighted by molar-refractivity contribution is 5.46. The lowest BCUT2D eigenvalue weighted by Crippen LogP contribution is -2.46. The molecule has 29 heavy (non-hydrogen) atoms. The summed E-state index contributed by atoms with van der Waals surface area (Å²) in [4.78, 5) is 6.83. The minimum absolute atomic E-state index is 0.0397. The van der Waals surface area contributed by atoms with Crippen molar-refractivity contribution in [3.05, 3.63) is 89.2 Å². The number of fused-ring (bicyclic) bond motifs is 1. The van der Waals surface area contributed by atoms with E-state index in [0.29, 0.717) is 6.04 Å². The molecule has 1 aliphatic heterocycles. The van der Waals surface area contributed by atoms with Crippen molar-refractivity contribution in [1.29, 1.82) is 0 Å². The van der Waals surface area contributed by atoms with Gasteiger partial charge in [-0.2, -0.15) is 0 Å². The normalized spacial score (nSPS) is 16.5. The number of aromatic nitrogens is 1. The number of phenols is 2. The Morgan fingerprint density at radius 3 is 2.48 bits per heavy atom. The summed E-state index contributed by atoms with van der Waals surface area (Å²) in [5.74, 6) is -0.0857. The van der Waals surface area contributed by atoms with Crippen molar-refractivity contribution in [2.75, 3.05) is 13.1 Å². The van der Waals surface area contributed by atoms with Gasteiger partial charge < -0.3 is 15.5 Å². The van der Waals surface area contributed by atoms with E-state index in [-0.39, 0.29) is 11.5 Å². The maximum Gasteiger partial charge on any atom is 0.157 e. The number of pyridine rings is 1. The van der Waals surface area contributed by atoms with E-state index in [1.165, 1.54) is 5.56 Å². The van der Waals surface area contributed by atoms with Crippen LogP contribution in [0.3, 0.4) is 0 Å². The number of rotatable bonds is 7. The number of hydrogen-bond acceptors (Lipinski definition) is 5. The molecule has 0 bridgehead atoms. The van der Waals surface area contributed by atoms with Crippen LogP contribution in [0.4, 0.5) is 0 Å². The molecule has 5 heteroatoms. The molecule has 4 rings (SSSR count). The van der Waals surface area contributed by atoms with Crippen molar-refractivity contribution in [3.8, 4) is 11.5 Å². The Bertz CT molecular complexity index is 932. The van der Waals surface area contributed by atoms with E-state index in [1.54, 1.807) is 12.1 Å². The van der Waals surface area contributed by atoms with Crippen LogP contribution in [0.1, 0.15) is 22.4 Å². The molecule has 3 N–H and O–H groups in total. The first-order chi connectivity index (χ1) is 14.2. The summed E-state index contributed by atoms with van der Waals surface area (Å²) in [5, 5.41) is 23.4. The van der Waals surface area contributed by atoms with Crippen molar-refractivity contribution in [2.24, 2.45) is 0 Å². The zero-order valence-corrected chi connectivity index (χ0v) is 16.5. The third kappa shape index (κ3) is 4.94. The second-order valence-electron chi connectivity index (χ2n) is 7.63. The number of nitrogens with zero attached hydrogens (tertiary/aromatic N) is 2. The van der Waals surface area contributed by atoms with E-state index >= 15 is 0 Å². The summed E-state index contributed by atoms with van der Waals surface area (Å²) in [7, 11) is 0. The largest absolute Gasteiger partial charge is 0.504 e. The van der Waals surface area contributed by atoms with E-state index in [0.717, 1.165) is 55.8 Å². The lowest BCUT2D eigenvalue weighted by molar-refractivity contribution is 0.158. The highest BCUT2D eigenvalue weighted by Crippen LogP contribution is 2.33. The van der Waals surface area contributed by atoms with Gasteiger partial charge in [-0.25, -0.2) is 0 Å². The van der Waals surface area contributed by atoms with Crippen molar-refractivity contribution in [3.63, 3.8) is 0 Å². The van der Waals surface area contributed by atoms with Crippen LogP contribution in [0.2, 0.25) is 0 Å². The molecule has 0 spiro atoms. The summed E-state index contributed by atoms with van der Waals surface area (Å²) in [6.45, 7) is 3.35. The van der Waals surface area contributed by atoms with Crippen LogP contribution in [0.15, 0.2) is 66.9 Å². The average Bonchev–Trinajstić information content (AvgIpc) is 2.74. The van der Waals surface area contributed by atoms with Gasteiger partial charge in [-0.1, -0.05) is 36.4 Å². The fourth-order valence-electron chi connectivity index (χ4n) is 3.97. The average molecular weight is 389 g/mol. The molecule has 0 saturated carbocycles. The number of hydrogen-bond donors (Lipinski definition) is 3. The predicted molar refractivity (Wildman–Crippen MR) is 114 cm³/mol. The zero-order chi connectivity index (χ0) is 20.1. The van der Waals surface area contributed by atoms with Gasteiger partial charge in [0.1, 0.15) is 0 Å². The minimum Gasteiger partial charge on any atom is -0.504 e. The number of benzene rings is 2. The molecule has 1 unspecified atom stereocenters. The molecule has 0 saturated heterocycles. The van der Waals surface area contributed by atoms with E-state index in [1.807, 2.05) is 24.4 Å². The lowest BCUT2D eigenvalue weighted by Gasteiger charge is -2.37. The van der Waals surface area contributed by atoms with Gasteiger partial charge in [0.2, 0.25) is 0 Å². The monoisotopic (exact) mass is 389 g/mol. The van der Waals surface area contributed by atoms with Crippen molar-refractivity contribution in [1.82, 2.24) is 15.2 Å². The van der Waals surface area contributed by atoms with Crippen molar-refractivity contribution >= 4 is 0 Å². The van der Waals surface area contributed by atoms with Crippen LogP contribution in [-0.4, -0.2) is 39.2 Å². The molecule has 1 aliphatic rings. The third-order valence-corrected chi connectivity index (χ3v) is 5.53. The molecule has 1 atom stereocenters. The van der Waals surface area contributed by atoms with Crippen molar-refractivity contribution in [2.45, 2.75) is 32.0 Å². The van der Waals surface area contributed by atoms with Gasteiger partial charge in [0.15, 0.2) is 11.5 Å². The first-order valence-corrected chi connectivity index (χ1v) is 10.1. The van der Waals surface area contributed by atoms with E-state index < -0.39 is 0 Å². The van der Waals surface area contributed by atoms with E-state index in [9.17, 15) is 10.2 Å². The Morgan fingerprint density at radius 1 is 0.966 bits per heavy atom. The molecule has 0 aliphatic carbocycles. The van der Waals surface area contributed by atoms with Crippen LogP contribution in [0.25, 0.3) is 0 Å². The van der Waals surface area contributed by atoms with Gasteiger partial charge >= 0.3 is 0 Å². The fraction of sp³-hybridized carbons (Fsp3) is 0.292. The van der Waals surface area contributed by atoms with E-state index in [2.05, 4.69) is 45.5 Å². The lowest BCUT2D eigenvalue weighted by atomic mass is 9.92. The molecule has 2 aromatic carbocycles. The zero-order valence-electron chi connectivity index (χ0n) is 16.5. The second-order valence-corrected chi connectivity index (χ2v) is 7.63. The molecule has 0 amide bonds. The second kappa shape index (κ2) is 9.07. The van der Waals surface area contributed by atoms with E-state index in [4.69, 9.17) is 0 Å². The quantitative estimate of drug-likeness (QED) is 0.428. The summed E-state index contributed by atoms with van der Waals surface area (Å²) in [6, 6.07) is 20.2. The maximum absolute atomic E-state index is 9.92. The van der Waals surface area contributed by atoms with Gasteiger partial charge in [0.25, 0.3) is 0 Å². The molecule has 1 aromatic heterocycles. The van der Waals surface area contributed by atoms with Gasteiger partial charge in [0.05, 0.1) is 0 Å². The van der Waals surface area contributed by atoms with Gasteiger partial charge in [-0.3, -0.25) is 9.88 Å². The smallest absolute Gasteiger partial charge is 0.157 e. The predicted octanol–water partition coefficient (Wildman–Crippen LogP) is 3.25. The molecule has 3 aromatic rings. The van der Waals surface area contributed by atoms with Crippen LogP contribution in [0, 0.1) is 0 Å². The standard InChI is InChI=1S/C24H27N3O2/c28-23-13-19-12-22(15-25-11-9-21-8-4-5-10-26-21)27(17-20(19)14-24(23)29)16-18-6-2-1-3-7-18/h1-8,10,13-14,22,25,28-29H,9,11-12,15-17H2. The van der Waals surface area contributed by atoms with Crippen LogP contribution in [-0.2, 0) is 25.9 Å². The molecular weight excluding hydrogens is 362 g/mol. The highest BCUT2D eigenvalue weighted by atomic mass is 16.3. The minimum atomic E-state index is -0.0460. The summed E-state index contributed by atoms with van der Waals surface area (Å²) in [5.41, 5.74) is 4.56. The molecule has 0 fully saturated rings. The maximum atomic E-state index is 9.92. The Kier molecular flexibility index (Phi) is 6.08. The van der Waals surface area contributed by atoms with Crippen LogP contribution < -0.4 is 5.32 Å². The first-order valence-electron chi connectivity index (χ1n) is 10.1. The number of nitrogens with one attached hydrogen (secondary N) is 1. The molecule has 150 valence electrons. The van der Waals surface area contributed by atoms with Gasteiger partial charge in [-0.05, 0) is 47.4 Å². The topological polar surface area (TPSA) is 68.6 Å². The first kappa shape index (κ1) is 19.4. The molecule has 5 nitrogen and oxygen atoms in total. The molecule has 2 heterocycles. The Morgan fingerprint density at radius 2 is 1.72 bits per heavy atom. The molecule has 0 radical (unpaired) electrons. The Balaban J connectivity index is 1.44. The fourth-order valence-corrected chi connectivity index (χ4v) is 3.97. The van der Waals surface area contributed by atoms with Crippen molar-refractivity contribution < 1.29 is 10.2 Å². The third-order valence-electron chi connectivity index (χ3n) is 5.53. The Labute approximate surface area is 171 Å². The summed E-state index contributed by atoms with van der Waals surface area (Å²) in [6.07, 6.45) is 3.57. The van der Waals surface area contributed by atoms with Crippen LogP contribution in [0.5, 0.6) is 11.5 Å².